The summed E-state index contributed by atoms with van der Waals surface area (Å²) in [5, 5.41) is 18.4. The van der Waals surface area contributed by atoms with Gasteiger partial charge in [-0.1, -0.05) is 30.3 Å². The largest absolute Gasteiger partial charge is 0.257 e. The summed E-state index contributed by atoms with van der Waals surface area (Å²) >= 11 is 3.27. The first kappa shape index (κ1) is 12.3. The molecular weight excluding hydrogens is 290 g/mol. The summed E-state index contributed by atoms with van der Waals surface area (Å²) < 4.78 is 0.729. The van der Waals surface area contributed by atoms with Crippen molar-refractivity contribution in [2.75, 3.05) is 0 Å². The van der Waals surface area contributed by atoms with Gasteiger partial charge in [-0.25, -0.2) is 0 Å². The van der Waals surface area contributed by atoms with E-state index >= 15 is 0 Å². The zero-order valence-corrected chi connectivity index (χ0v) is 10.9. The summed E-state index contributed by atoms with van der Waals surface area (Å²) in [7, 11) is 0. The highest BCUT2D eigenvalue weighted by Gasteiger charge is 2.18. The predicted molar refractivity (Wildman–Crippen MR) is 70.6 cm³/mol. The molecule has 18 heavy (non-hydrogen) atoms. The fraction of sp³-hybridized carbons (Fsp3) is 0.0714. The molecule has 1 unspecified atom stereocenters. The maximum absolute atomic E-state index is 9.31. The standard InChI is InChI=1S/C14H8BrN3/c15-12-6-11(7-16)14(18-9-12)13(8-17)10-4-2-1-3-5-10/h1-6,9,13H. The first-order chi connectivity index (χ1) is 8.76. The molecule has 2 aromatic rings. The van der Waals surface area contributed by atoms with Crippen molar-refractivity contribution in [1.82, 2.24) is 4.98 Å². The van der Waals surface area contributed by atoms with Crippen molar-refractivity contribution >= 4 is 15.9 Å². The van der Waals surface area contributed by atoms with E-state index in [1.807, 2.05) is 30.3 Å². The fourth-order valence-corrected chi connectivity index (χ4v) is 2.04. The normalized spacial score (nSPS) is 11.3. The smallest absolute Gasteiger partial charge is 0.115 e. The lowest BCUT2D eigenvalue weighted by molar-refractivity contribution is 0.955. The SMILES string of the molecule is N#Cc1cc(Br)cnc1C(C#N)c1ccccc1. The Balaban J connectivity index is 2.54. The molecule has 0 amide bonds. The van der Waals surface area contributed by atoms with E-state index in [9.17, 15) is 5.26 Å². The van der Waals surface area contributed by atoms with Crippen molar-refractivity contribution < 1.29 is 0 Å². The van der Waals surface area contributed by atoms with Gasteiger partial charge < -0.3 is 0 Å². The number of pyridine rings is 1. The second-order valence-electron chi connectivity index (χ2n) is 3.67. The van der Waals surface area contributed by atoms with Crippen LogP contribution >= 0.6 is 15.9 Å². The van der Waals surface area contributed by atoms with Gasteiger partial charge in [0.1, 0.15) is 12.0 Å². The van der Waals surface area contributed by atoms with Gasteiger partial charge >= 0.3 is 0 Å². The van der Waals surface area contributed by atoms with Crippen molar-refractivity contribution in [3.05, 3.63) is 63.9 Å². The Labute approximate surface area is 113 Å². The summed E-state index contributed by atoms with van der Waals surface area (Å²) in [6.45, 7) is 0. The van der Waals surface area contributed by atoms with Crippen LogP contribution in [0.15, 0.2) is 47.1 Å². The van der Waals surface area contributed by atoms with Crippen LogP contribution in [-0.2, 0) is 0 Å². The molecule has 1 aromatic carbocycles. The minimum atomic E-state index is -0.519. The van der Waals surface area contributed by atoms with Gasteiger partial charge in [-0.3, -0.25) is 4.98 Å². The highest BCUT2D eigenvalue weighted by Crippen LogP contribution is 2.26. The molecule has 0 bridgehead atoms. The third-order valence-corrected chi connectivity index (χ3v) is 2.97. The number of nitriles is 2. The maximum Gasteiger partial charge on any atom is 0.115 e. The number of aromatic nitrogens is 1. The molecule has 1 aromatic heterocycles. The molecule has 0 aliphatic rings. The van der Waals surface area contributed by atoms with Gasteiger partial charge in [-0.05, 0) is 27.6 Å². The molecule has 0 N–H and O–H groups in total. The lowest BCUT2D eigenvalue weighted by atomic mass is 9.94. The molecule has 4 heteroatoms. The van der Waals surface area contributed by atoms with E-state index in [4.69, 9.17) is 5.26 Å². The van der Waals surface area contributed by atoms with Gasteiger partial charge in [0.05, 0.1) is 17.3 Å². The number of hydrogen-bond acceptors (Lipinski definition) is 3. The van der Waals surface area contributed by atoms with E-state index < -0.39 is 5.92 Å². The van der Waals surface area contributed by atoms with Crippen molar-refractivity contribution in [2.45, 2.75) is 5.92 Å². The van der Waals surface area contributed by atoms with Crippen LogP contribution in [0.4, 0.5) is 0 Å². The molecule has 0 saturated heterocycles. The second kappa shape index (κ2) is 5.44. The van der Waals surface area contributed by atoms with Gasteiger partial charge in [0.15, 0.2) is 0 Å². The molecule has 3 nitrogen and oxygen atoms in total. The van der Waals surface area contributed by atoms with Crippen LogP contribution < -0.4 is 0 Å². The third kappa shape index (κ3) is 2.40. The van der Waals surface area contributed by atoms with Crippen LogP contribution in [0.2, 0.25) is 0 Å². The van der Waals surface area contributed by atoms with E-state index in [2.05, 4.69) is 33.1 Å². The van der Waals surface area contributed by atoms with Crippen LogP contribution in [0.5, 0.6) is 0 Å². The van der Waals surface area contributed by atoms with E-state index in [1.165, 1.54) is 0 Å². The molecule has 86 valence electrons. The zero-order chi connectivity index (χ0) is 13.0. The topological polar surface area (TPSA) is 60.5 Å². The van der Waals surface area contributed by atoms with Crippen LogP contribution in [0, 0.1) is 22.7 Å². The molecule has 1 atom stereocenters. The monoisotopic (exact) mass is 297 g/mol. The number of halogens is 1. The second-order valence-corrected chi connectivity index (χ2v) is 4.59. The number of benzene rings is 1. The molecule has 0 radical (unpaired) electrons. The van der Waals surface area contributed by atoms with Gasteiger partial charge in [0, 0.05) is 10.7 Å². The van der Waals surface area contributed by atoms with E-state index in [0.717, 1.165) is 10.0 Å². The van der Waals surface area contributed by atoms with Crippen molar-refractivity contribution in [3.8, 4) is 12.1 Å². The van der Waals surface area contributed by atoms with Crippen LogP contribution in [-0.4, -0.2) is 4.98 Å². The highest BCUT2D eigenvalue weighted by atomic mass is 79.9. The number of rotatable bonds is 2. The van der Waals surface area contributed by atoms with Gasteiger partial charge in [0.25, 0.3) is 0 Å². The fourth-order valence-electron chi connectivity index (χ4n) is 1.71. The summed E-state index contributed by atoms with van der Waals surface area (Å²) in [4.78, 5) is 4.20. The molecule has 2 rings (SSSR count). The molecule has 0 aliphatic heterocycles. The minimum Gasteiger partial charge on any atom is -0.257 e. The average molecular weight is 298 g/mol. The number of hydrogen-bond donors (Lipinski definition) is 0. The number of nitrogens with zero attached hydrogens (tertiary/aromatic N) is 3. The summed E-state index contributed by atoms with van der Waals surface area (Å²) in [6, 6.07) is 15.3. The van der Waals surface area contributed by atoms with Gasteiger partial charge in [0.2, 0.25) is 0 Å². The van der Waals surface area contributed by atoms with E-state index in [-0.39, 0.29) is 0 Å². The molecule has 0 spiro atoms. The van der Waals surface area contributed by atoms with E-state index in [0.29, 0.717) is 11.3 Å². The summed E-state index contributed by atoms with van der Waals surface area (Å²) in [5.41, 5.74) is 1.75. The Kier molecular flexibility index (Phi) is 3.72. The van der Waals surface area contributed by atoms with Gasteiger partial charge in [-0.15, -0.1) is 0 Å². The first-order valence-corrected chi connectivity index (χ1v) is 6.05. The average Bonchev–Trinajstić information content (AvgIpc) is 2.42. The first-order valence-electron chi connectivity index (χ1n) is 5.26. The molecule has 1 heterocycles. The third-order valence-electron chi connectivity index (χ3n) is 2.54. The highest BCUT2D eigenvalue weighted by molar-refractivity contribution is 9.10. The quantitative estimate of drug-likeness (QED) is 0.854. The lowest BCUT2D eigenvalue weighted by Crippen LogP contribution is -2.04. The maximum atomic E-state index is 9.31. The van der Waals surface area contributed by atoms with Crippen LogP contribution in [0.25, 0.3) is 0 Å². The Bertz CT molecular complexity index is 638. The van der Waals surface area contributed by atoms with Crippen LogP contribution in [0.3, 0.4) is 0 Å². The van der Waals surface area contributed by atoms with Crippen molar-refractivity contribution in [2.24, 2.45) is 0 Å². The summed E-state index contributed by atoms with van der Waals surface area (Å²) in [6.07, 6.45) is 1.60. The molecule has 0 fully saturated rings. The lowest BCUT2D eigenvalue weighted by Gasteiger charge is -2.10. The van der Waals surface area contributed by atoms with Crippen molar-refractivity contribution in [3.63, 3.8) is 0 Å². The Morgan fingerprint density at radius 1 is 1.17 bits per heavy atom. The Hall–Kier alpha value is -2.17. The molecule has 0 aliphatic carbocycles. The minimum absolute atomic E-state index is 0.416. The van der Waals surface area contributed by atoms with Crippen molar-refractivity contribution in [1.29, 1.82) is 10.5 Å². The Morgan fingerprint density at radius 3 is 2.50 bits per heavy atom. The summed E-state index contributed by atoms with van der Waals surface area (Å²) in [5.74, 6) is -0.519. The zero-order valence-electron chi connectivity index (χ0n) is 9.34. The molecule has 0 saturated carbocycles. The Morgan fingerprint density at radius 2 is 1.89 bits per heavy atom. The van der Waals surface area contributed by atoms with E-state index in [1.54, 1.807) is 12.3 Å². The molecular formula is C14H8BrN3. The predicted octanol–water partition coefficient (Wildman–Crippen LogP) is 3.37. The van der Waals surface area contributed by atoms with Gasteiger partial charge in [-0.2, -0.15) is 10.5 Å². The van der Waals surface area contributed by atoms with Crippen LogP contribution in [0.1, 0.15) is 22.7 Å².